The monoisotopic (exact) mass is 352 g/mol. The van der Waals surface area contributed by atoms with Crippen LogP contribution in [0.4, 0.5) is 10.1 Å². The molecule has 0 radical (unpaired) electrons. The maximum absolute atomic E-state index is 13.2. The Labute approximate surface area is 128 Å². The number of nitrogens with zero attached hydrogens (tertiary/aromatic N) is 1. The normalized spacial score (nSPS) is 10.0. The van der Waals surface area contributed by atoms with Crippen molar-refractivity contribution in [3.8, 4) is 0 Å². The van der Waals surface area contributed by atoms with Crippen molar-refractivity contribution >= 4 is 33.5 Å². The number of halogens is 2. The largest absolute Gasteiger partial charge is 0.465 e. The van der Waals surface area contributed by atoms with Crippen LogP contribution in [0.25, 0.3) is 0 Å². The second-order valence-electron chi connectivity index (χ2n) is 3.98. The summed E-state index contributed by atoms with van der Waals surface area (Å²) in [6.07, 6.45) is 0. The molecular formula is C14H10BrFN2O3. The first-order valence-corrected chi connectivity index (χ1v) is 6.62. The van der Waals surface area contributed by atoms with Gasteiger partial charge in [0.05, 0.1) is 18.4 Å². The second-order valence-corrected chi connectivity index (χ2v) is 4.79. The summed E-state index contributed by atoms with van der Waals surface area (Å²) in [5.74, 6) is -1.87. The molecule has 1 amide bonds. The predicted molar refractivity (Wildman–Crippen MR) is 77.6 cm³/mol. The molecule has 1 heterocycles. The number of hydrogen-bond donors (Lipinski definition) is 1. The van der Waals surface area contributed by atoms with Crippen LogP contribution in [0.1, 0.15) is 20.8 Å². The van der Waals surface area contributed by atoms with Gasteiger partial charge in [0.1, 0.15) is 16.1 Å². The number of carbonyl (C=O) groups is 2. The first kappa shape index (κ1) is 15.1. The number of ether oxygens (including phenoxy) is 1. The van der Waals surface area contributed by atoms with E-state index in [0.717, 1.165) is 12.1 Å². The average molecular weight is 353 g/mol. The number of benzene rings is 1. The highest BCUT2D eigenvalue weighted by Gasteiger charge is 2.16. The summed E-state index contributed by atoms with van der Waals surface area (Å²) in [5.41, 5.74) is 0.236. The molecule has 0 spiro atoms. The molecule has 1 aromatic carbocycles. The molecule has 0 bridgehead atoms. The van der Waals surface area contributed by atoms with Crippen molar-refractivity contribution in [1.82, 2.24) is 4.98 Å². The molecule has 7 heteroatoms. The quantitative estimate of drug-likeness (QED) is 0.680. The second kappa shape index (κ2) is 6.45. The number of aromatic nitrogens is 1. The Morgan fingerprint density at radius 3 is 2.71 bits per heavy atom. The maximum Gasteiger partial charge on any atom is 0.340 e. The Hall–Kier alpha value is -2.28. The zero-order chi connectivity index (χ0) is 15.4. The third-order valence-corrected chi connectivity index (χ3v) is 3.02. The Bertz CT molecular complexity index is 706. The van der Waals surface area contributed by atoms with Crippen molar-refractivity contribution in [3.63, 3.8) is 0 Å². The van der Waals surface area contributed by atoms with Crippen LogP contribution >= 0.6 is 15.9 Å². The molecular weight excluding hydrogens is 343 g/mol. The smallest absolute Gasteiger partial charge is 0.340 e. The lowest BCUT2D eigenvalue weighted by Gasteiger charge is -2.09. The molecule has 21 heavy (non-hydrogen) atoms. The van der Waals surface area contributed by atoms with Crippen LogP contribution in [0.5, 0.6) is 0 Å². The molecule has 0 aliphatic rings. The van der Waals surface area contributed by atoms with E-state index in [4.69, 9.17) is 0 Å². The highest BCUT2D eigenvalue weighted by Crippen LogP contribution is 2.19. The number of hydrogen-bond acceptors (Lipinski definition) is 4. The molecule has 0 saturated carbocycles. The van der Waals surface area contributed by atoms with Gasteiger partial charge in [0.2, 0.25) is 0 Å². The van der Waals surface area contributed by atoms with Crippen molar-refractivity contribution in [2.45, 2.75) is 0 Å². The molecule has 1 aromatic heterocycles. The number of carbonyl (C=O) groups excluding carboxylic acids is 2. The van der Waals surface area contributed by atoms with Gasteiger partial charge in [-0.05, 0) is 46.3 Å². The van der Waals surface area contributed by atoms with Crippen LogP contribution in [-0.2, 0) is 4.74 Å². The molecule has 0 atom stereocenters. The summed E-state index contributed by atoms with van der Waals surface area (Å²) in [7, 11) is 1.18. The van der Waals surface area contributed by atoms with Gasteiger partial charge in [0.25, 0.3) is 5.91 Å². The van der Waals surface area contributed by atoms with Gasteiger partial charge >= 0.3 is 5.97 Å². The third-order valence-electron chi connectivity index (χ3n) is 2.58. The SMILES string of the molecule is COC(=O)c1cc(F)ccc1NC(=O)c1cccc(Br)n1. The summed E-state index contributed by atoms with van der Waals surface area (Å²) in [6, 6.07) is 8.26. The van der Waals surface area contributed by atoms with Crippen LogP contribution in [0.2, 0.25) is 0 Å². The summed E-state index contributed by atoms with van der Waals surface area (Å²) < 4.78 is 18.3. The van der Waals surface area contributed by atoms with Gasteiger partial charge in [-0.3, -0.25) is 4.79 Å². The zero-order valence-corrected chi connectivity index (χ0v) is 12.5. The molecule has 1 N–H and O–H groups in total. The lowest BCUT2D eigenvalue weighted by molar-refractivity contribution is 0.0601. The molecule has 108 valence electrons. The van der Waals surface area contributed by atoms with Crippen LogP contribution in [0.3, 0.4) is 0 Å². The van der Waals surface area contributed by atoms with Crippen LogP contribution in [0, 0.1) is 5.82 Å². The molecule has 2 rings (SSSR count). The van der Waals surface area contributed by atoms with E-state index in [2.05, 4.69) is 31.0 Å². The Balaban J connectivity index is 2.31. The van der Waals surface area contributed by atoms with Crippen LogP contribution < -0.4 is 5.32 Å². The minimum absolute atomic E-state index is 0.0687. The first-order valence-electron chi connectivity index (χ1n) is 5.83. The lowest BCUT2D eigenvalue weighted by atomic mass is 10.1. The van der Waals surface area contributed by atoms with Crippen molar-refractivity contribution < 1.29 is 18.7 Å². The summed E-state index contributed by atoms with van der Waals surface area (Å²) in [4.78, 5) is 27.7. The highest BCUT2D eigenvalue weighted by molar-refractivity contribution is 9.10. The van der Waals surface area contributed by atoms with E-state index in [-0.39, 0.29) is 16.9 Å². The van der Waals surface area contributed by atoms with Crippen molar-refractivity contribution in [1.29, 1.82) is 0 Å². The number of rotatable bonds is 3. The fourth-order valence-corrected chi connectivity index (χ4v) is 1.97. The van der Waals surface area contributed by atoms with Crippen molar-refractivity contribution in [3.05, 3.63) is 58.1 Å². The minimum Gasteiger partial charge on any atom is -0.465 e. The van der Waals surface area contributed by atoms with Crippen LogP contribution in [0.15, 0.2) is 41.0 Å². The minimum atomic E-state index is -0.744. The standard InChI is InChI=1S/C14H10BrFN2O3/c1-21-14(20)9-7-8(16)5-6-10(9)18-13(19)11-3-2-4-12(15)17-11/h2-7H,1H3,(H,18,19). The van der Waals surface area contributed by atoms with E-state index in [1.54, 1.807) is 12.1 Å². The van der Waals surface area contributed by atoms with Gasteiger partial charge in [-0.15, -0.1) is 0 Å². The van der Waals surface area contributed by atoms with E-state index in [1.807, 2.05) is 0 Å². The number of amides is 1. The van der Waals surface area contributed by atoms with Crippen LogP contribution in [-0.4, -0.2) is 24.0 Å². The number of esters is 1. The number of pyridine rings is 1. The van der Waals surface area contributed by atoms with Crippen molar-refractivity contribution in [2.75, 3.05) is 12.4 Å². The molecule has 0 fully saturated rings. The fourth-order valence-electron chi connectivity index (χ4n) is 1.63. The Kier molecular flexibility index (Phi) is 4.64. The molecule has 0 aliphatic heterocycles. The number of anilines is 1. The molecule has 0 unspecified atom stereocenters. The molecule has 0 saturated heterocycles. The van der Waals surface area contributed by atoms with E-state index < -0.39 is 17.7 Å². The van der Waals surface area contributed by atoms with Gasteiger partial charge in [-0.1, -0.05) is 6.07 Å². The van der Waals surface area contributed by atoms with E-state index >= 15 is 0 Å². The van der Waals surface area contributed by atoms with E-state index in [9.17, 15) is 14.0 Å². The molecule has 0 aliphatic carbocycles. The van der Waals surface area contributed by atoms with E-state index in [0.29, 0.717) is 4.60 Å². The Morgan fingerprint density at radius 2 is 2.05 bits per heavy atom. The van der Waals surface area contributed by atoms with Crippen molar-refractivity contribution in [2.24, 2.45) is 0 Å². The van der Waals surface area contributed by atoms with Gasteiger partial charge in [-0.2, -0.15) is 0 Å². The zero-order valence-electron chi connectivity index (χ0n) is 10.9. The van der Waals surface area contributed by atoms with Gasteiger partial charge < -0.3 is 10.1 Å². The Morgan fingerprint density at radius 1 is 1.29 bits per heavy atom. The number of methoxy groups -OCH3 is 1. The fraction of sp³-hybridized carbons (Fsp3) is 0.0714. The highest BCUT2D eigenvalue weighted by atomic mass is 79.9. The number of nitrogens with one attached hydrogen (secondary N) is 1. The maximum atomic E-state index is 13.2. The molecule has 5 nitrogen and oxygen atoms in total. The third kappa shape index (κ3) is 3.63. The topological polar surface area (TPSA) is 68.3 Å². The van der Waals surface area contributed by atoms with Gasteiger partial charge in [0.15, 0.2) is 0 Å². The van der Waals surface area contributed by atoms with E-state index in [1.165, 1.54) is 19.2 Å². The predicted octanol–water partition coefficient (Wildman–Crippen LogP) is 3.02. The van der Waals surface area contributed by atoms with Gasteiger partial charge in [-0.25, -0.2) is 14.2 Å². The average Bonchev–Trinajstić information content (AvgIpc) is 2.48. The first-order chi connectivity index (χ1) is 10.0. The van der Waals surface area contributed by atoms with Gasteiger partial charge in [0, 0.05) is 0 Å². The summed E-state index contributed by atoms with van der Waals surface area (Å²) in [5, 5.41) is 2.51. The lowest BCUT2D eigenvalue weighted by Crippen LogP contribution is -2.16. The molecule has 2 aromatic rings. The summed E-state index contributed by atoms with van der Waals surface area (Å²) >= 11 is 3.16. The summed E-state index contributed by atoms with van der Waals surface area (Å²) in [6.45, 7) is 0.